The molecule has 2 unspecified atom stereocenters. The topological polar surface area (TPSA) is 24.1 Å². The van der Waals surface area contributed by atoms with Crippen molar-refractivity contribution < 1.29 is 0 Å². The maximum atomic E-state index is 3.80. The van der Waals surface area contributed by atoms with E-state index in [-0.39, 0.29) is 12.2 Å². The molecule has 234 valence electrons. The summed E-state index contributed by atoms with van der Waals surface area (Å²) in [6.45, 7) is 0. The summed E-state index contributed by atoms with van der Waals surface area (Å²) in [6.07, 6.45) is 2.31. The highest BCUT2D eigenvalue weighted by atomic mass is 32.1. The SMILES string of the molecule is C1=C(c2cccc(-c3ccc(-c4cccc(-c5cccc6c5sc5ccccc56)c4)cc3)c2)NC(c2ccccc2)NC1c1ccccc1. The van der Waals surface area contributed by atoms with Gasteiger partial charge in [0.05, 0.1) is 6.04 Å². The van der Waals surface area contributed by atoms with Gasteiger partial charge in [0, 0.05) is 25.9 Å². The Labute approximate surface area is 291 Å². The van der Waals surface area contributed by atoms with Gasteiger partial charge in [-0.15, -0.1) is 11.3 Å². The number of hydrogen-bond acceptors (Lipinski definition) is 3. The molecule has 2 nitrogen and oxygen atoms in total. The Kier molecular flexibility index (Phi) is 7.62. The van der Waals surface area contributed by atoms with E-state index in [9.17, 15) is 0 Å². The fourth-order valence-corrected chi connectivity index (χ4v) is 8.30. The van der Waals surface area contributed by atoms with Crippen LogP contribution in [0.1, 0.15) is 28.9 Å². The molecule has 0 saturated carbocycles. The quantitative estimate of drug-likeness (QED) is 0.188. The van der Waals surface area contributed by atoms with Gasteiger partial charge in [-0.1, -0.05) is 158 Å². The zero-order valence-corrected chi connectivity index (χ0v) is 27.7. The second-order valence-corrected chi connectivity index (χ2v) is 13.7. The van der Waals surface area contributed by atoms with Gasteiger partial charge >= 0.3 is 0 Å². The lowest BCUT2D eigenvalue weighted by Crippen LogP contribution is -2.39. The van der Waals surface area contributed by atoms with Crippen molar-refractivity contribution in [2.45, 2.75) is 12.2 Å². The molecule has 0 amide bonds. The highest BCUT2D eigenvalue weighted by Crippen LogP contribution is 2.40. The molecule has 2 N–H and O–H groups in total. The molecule has 1 aliphatic heterocycles. The summed E-state index contributed by atoms with van der Waals surface area (Å²) in [6, 6.07) is 63.6. The van der Waals surface area contributed by atoms with Gasteiger partial charge in [0.1, 0.15) is 6.17 Å². The van der Waals surface area contributed by atoms with Crippen LogP contribution in [0, 0.1) is 0 Å². The maximum absolute atomic E-state index is 3.80. The number of thiophene rings is 1. The third-order valence-corrected chi connectivity index (χ3v) is 10.8. The minimum atomic E-state index is -0.00373. The van der Waals surface area contributed by atoms with Crippen molar-refractivity contribution in [1.82, 2.24) is 10.6 Å². The average Bonchev–Trinajstić information content (AvgIpc) is 3.58. The summed E-state index contributed by atoms with van der Waals surface area (Å²) >= 11 is 1.88. The smallest absolute Gasteiger partial charge is 0.104 e. The monoisotopic (exact) mass is 646 g/mol. The van der Waals surface area contributed by atoms with E-state index in [0.29, 0.717) is 0 Å². The molecule has 0 saturated heterocycles. The van der Waals surface area contributed by atoms with Crippen molar-refractivity contribution in [3.63, 3.8) is 0 Å². The standard InChI is InChI=1S/C46H34N2S/c1-3-12-33(13-4-1)42-30-43(48-46(47-42)34-14-5-2-6-15-34)38-19-10-17-36(29-38)32-26-24-31(25-27-32)35-16-9-18-37(28-35)39-21-11-22-41-40-20-7-8-23-44(40)49-45(39)41/h1-30,42,46-48H. The minimum Gasteiger partial charge on any atom is -0.366 e. The van der Waals surface area contributed by atoms with E-state index >= 15 is 0 Å². The molecular formula is C46H34N2S. The van der Waals surface area contributed by atoms with Crippen molar-refractivity contribution in [3.05, 3.63) is 199 Å². The van der Waals surface area contributed by atoms with Crippen LogP contribution in [-0.2, 0) is 0 Å². The second-order valence-electron chi connectivity index (χ2n) is 12.6. The maximum Gasteiger partial charge on any atom is 0.104 e. The Balaban J connectivity index is 1.02. The Bertz CT molecular complexity index is 2440. The third-order valence-electron chi connectivity index (χ3n) is 9.57. The molecule has 9 rings (SSSR count). The van der Waals surface area contributed by atoms with Gasteiger partial charge in [0.2, 0.25) is 0 Å². The van der Waals surface area contributed by atoms with Crippen LogP contribution in [0.15, 0.2) is 182 Å². The Morgan fingerprint density at radius 1 is 0.429 bits per heavy atom. The van der Waals surface area contributed by atoms with Gasteiger partial charge in [-0.2, -0.15) is 0 Å². The average molecular weight is 647 g/mol. The van der Waals surface area contributed by atoms with Gasteiger partial charge in [-0.3, -0.25) is 5.32 Å². The predicted molar refractivity (Wildman–Crippen MR) is 208 cm³/mol. The van der Waals surface area contributed by atoms with Crippen molar-refractivity contribution >= 4 is 37.2 Å². The summed E-state index contributed by atoms with van der Waals surface area (Å²) in [5, 5.41) is 10.2. The first-order chi connectivity index (χ1) is 24.3. The van der Waals surface area contributed by atoms with Gasteiger partial charge < -0.3 is 5.32 Å². The van der Waals surface area contributed by atoms with E-state index in [0.717, 1.165) is 5.70 Å². The first-order valence-corrected chi connectivity index (χ1v) is 17.6. The lowest BCUT2D eigenvalue weighted by molar-refractivity contribution is 0.442. The van der Waals surface area contributed by atoms with Crippen LogP contribution in [0.2, 0.25) is 0 Å². The number of fused-ring (bicyclic) bond motifs is 3. The van der Waals surface area contributed by atoms with Crippen LogP contribution < -0.4 is 10.6 Å². The van der Waals surface area contributed by atoms with Gasteiger partial charge in [0.25, 0.3) is 0 Å². The molecule has 0 spiro atoms. The van der Waals surface area contributed by atoms with E-state index < -0.39 is 0 Å². The Hall–Kier alpha value is -5.74. The highest BCUT2D eigenvalue weighted by molar-refractivity contribution is 7.26. The molecule has 2 heterocycles. The predicted octanol–water partition coefficient (Wildman–Crippen LogP) is 12.0. The second kappa shape index (κ2) is 12.7. The Morgan fingerprint density at radius 3 is 1.73 bits per heavy atom. The van der Waals surface area contributed by atoms with E-state index in [4.69, 9.17) is 0 Å². The van der Waals surface area contributed by atoms with Crippen LogP contribution in [0.3, 0.4) is 0 Å². The van der Waals surface area contributed by atoms with E-state index in [1.165, 1.54) is 70.2 Å². The molecule has 0 bridgehead atoms. The molecule has 8 aromatic rings. The van der Waals surface area contributed by atoms with Crippen molar-refractivity contribution in [2.75, 3.05) is 0 Å². The molecule has 7 aromatic carbocycles. The highest BCUT2D eigenvalue weighted by Gasteiger charge is 2.24. The van der Waals surface area contributed by atoms with E-state index in [1.54, 1.807) is 0 Å². The van der Waals surface area contributed by atoms with Crippen molar-refractivity contribution in [3.8, 4) is 33.4 Å². The lowest BCUT2D eigenvalue weighted by atomic mass is 9.95. The molecular weight excluding hydrogens is 613 g/mol. The molecule has 2 atom stereocenters. The van der Waals surface area contributed by atoms with Crippen molar-refractivity contribution in [2.24, 2.45) is 0 Å². The van der Waals surface area contributed by atoms with Gasteiger partial charge in [0.15, 0.2) is 0 Å². The lowest BCUT2D eigenvalue weighted by Gasteiger charge is -2.33. The first kappa shape index (κ1) is 29.4. The summed E-state index contributed by atoms with van der Waals surface area (Å²) in [5.41, 5.74) is 12.1. The van der Waals surface area contributed by atoms with Crippen LogP contribution in [0.4, 0.5) is 0 Å². The summed E-state index contributed by atoms with van der Waals surface area (Å²) in [5.74, 6) is 0. The van der Waals surface area contributed by atoms with E-state index in [1.807, 2.05) is 11.3 Å². The minimum absolute atomic E-state index is 0.00373. The van der Waals surface area contributed by atoms with Crippen LogP contribution in [0.5, 0.6) is 0 Å². The molecule has 0 fully saturated rings. The number of nitrogens with one attached hydrogen (secondary N) is 2. The normalized spacial score (nSPS) is 16.0. The summed E-state index contributed by atoms with van der Waals surface area (Å²) < 4.78 is 2.68. The molecule has 3 heteroatoms. The number of rotatable bonds is 6. The Morgan fingerprint density at radius 2 is 1.00 bits per heavy atom. The largest absolute Gasteiger partial charge is 0.366 e. The fourth-order valence-electron chi connectivity index (χ4n) is 7.06. The van der Waals surface area contributed by atoms with E-state index in [2.05, 4.69) is 193 Å². The zero-order valence-electron chi connectivity index (χ0n) is 26.9. The molecule has 49 heavy (non-hydrogen) atoms. The molecule has 1 aromatic heterocycles. The van der Waals surface area contributed by atoms with Crippen LogP contribution in [-0.4, -0.2) is 0 Å². The zero-order chi connectivity index (χ0) is 32.6. The first-order valence-electron chi connectivity index (χ1n) is 16.8. The molecule has 1 aliphatic rings. The third kappa shape index (κ3) is 5.74. The molecule has 0 aliphatic carbocycles. The van der Waals surface area contributed by atoms with Gasteiger partial charge in [-0.25, -0.2) is 0 Å². The fraction of sp³-hybridized carbons (Fsp3) is 0.0435. The number of benzene rings is 7. The summed E-state index contributed by atoms with van der Waals surface area (Å²) in [4.78, 5) is 0. The molecule has 0 radical (unpaired) electrons. The van der Waals surface area contributed by atoms with Gasteiger partial charge in [-0.05, 0) is 74.3 Å². The van der Waals surface area contributed by atoms with Crippen molar-refractivity contribution in [1.29, 1.82) is 0 Å². The summed E-state index contributed by atoms with van der Waals surface area (Å²) in [7, 11) is 0. The number of hydrogen-bond donors (Lipinski definition) is 2. The van der Waals surface area contributed by atoms with Crippen LogP contribution >= 0.6 is 11.3 Å². The van der Waals surface area contributed by atoms with Crippen LogP contribution in [0.25, 0.3) is 59.3 Å².